The summed E-state index contributed by atoms with van der Waals surface area (Å²) in [5.74, 6) is -0.910. The second-order valence-electron chi connectivity index (χ2n) is 4.60. The second-order valence-corrected chi connectivity index (χ2v) is 4.60. The van der Waals surface area contributed by atoms with Gasteiger partial charge in [0, 0.05) is 12.8 Å². The number of nitrogens with one attached hydrogen (secondary N) is 1. The summed E-state index contributed by atoms with van der Waals surface area (Å²) in [7, 11) is 0. The highest BCUT2D eigenvalue weighted by Gasteiger charge is 2.22. The lowest BCUT2D eigenvalue weighted by Gasteiger charge is -2.13. The van der Waals surface area contributed by atoms with Gasteiger partial charge in [-0.2, -0.15) is 0 Å². The van der Waals surface area contributed by atoms with Crippen LogP contribution in [0.2, 0.25) is 0 Å². The van der Waals surface area contributed by atoms with Gasteiger partial charge in [0.05, 0.1) is 6.04 Å². The molecule has 4 nitrogen and oxygen atoms in total. The number of hydrogen-bond acceptors (Lipinski definition) is 2. The summed E-state index contributed by atoms with van der Waals surface area (Å²) in [5.41, 5.74) is 2.50. The minimum Gasteiger partial charge on any atom is -0.481 e. The second kappa shape index (κ2) is 5.67. The molecule has 1 aromatic rings. The highest BCUT2D eigenvalue weighted by atomic mass is 16.4. The van der Waals surface area contributed by atoms with Gasteiger partial charge >= 0.3 is 5.97 Å². The molecule has 0 saturated carbocycles. The van der Waals surface area contributed by atoms with Crippen LogP contribution in [-0.2, 0) is 16.0 Å². The molecule has 0 fully saturated rings. The fourth-order valence-electron chi connectivity index (χ4n) is 2.37. The van der Waals surface area contributed by atoms with Crippen LogP contribution in [0.25, 0.3) is 0 Å². The molecule has 0 heterocycles. The standard InChI is InChI=1S/C14H17NO3/c16-13(6-3-7-14(17)18)15-12-9-8-10-4-1-2-5-11(10)12/h1-2,4-5,12H,3,6-9H2,(H,15,16)(H,17,18). The molecule has 1 aromatic carbocycles. The van der Waals surface area contributed by atoms with Gasteiger partial charge in [-0.3, -0.25) is 9.59 Å². The Balaban J connectivity index is 1.84. The fraction of sp³-hybridized carbons (Fsp3) is 0.429. The predicted molar refractivity (Wildman–Crippen MR) is 67.1 cm³/mol. The Hall–Kier alpha value is -1.84. The summed E-state index contributed by atoms with van der Waals surface area (Å²) >= 11 is 0. The first-order valence-electron chi connectivity index (χ1n) is 6.26. The lowest BCUT2D eigenvalue weighted by atomic mass is 10.1. The third-order valence-electron chi connectivity index (χ3n) is 3.26. The zero-order valence-electron chi connectivity index (χ0n) is 10.2. The first-order chi connectivity index (χ1) is 8.66. The van der Waals surface area contributed by atoms with Gasteiger partial charge in [0.1, 0.15) is 0 Å². The van der Waals surface area contributed by atoms with Crippen molar-refractivity contribution in [1.29, 1.82) is 0 Å². The summed E-state index contributed by atoms with van der Waals surface area (Å²) in [6.45, 7) is 0. The minimum absolute atomic E-state index is 0.0503. The molecule has 0 aliphatic heterocycles. The molecule has 1 unspecified atom stereocenters. The summed E-state index contributed by atoms with van der Waals surface area (Å²) < 4.78 is 0. The van der Waals surface area contributed by atoms with Crippen molar-refractivity contribution in [1.82, 2.24) is 5.32 Å². The Kier molecular flexibility index (Phi) is 3.97. The van der Waals surface area contributed by atoms with Gasteiger partial charge < -0.3 is 10.4 Å². The maximum atomic E-state index is 11.7. The minimum atomic E-state index is -0.853. The number of hydrogen-bond donors (Lipinski definition) is 2. The van der Waals surface area contributed by atoms with Gasteiger partial charge in [-0.15, -0.1) is 0 Å². The topological polar surface area (TPSA) is 66.4 Å². The van der Waals surface area contributed by atoms with Gasteiger partial charge in [-0.25, -0.2) is 0 Å². The van der Waals surface area contributed by atoms with Crippen molar-refractivity contribution in [2.24, 2.45) is 0 Å². The van der Waals surface area contributed by atoms with Gasteiger partial charge in [-0.1, -0.05) is 24.3 Å². The van der Waals surface area contributed by atoms with Crippen LogP contribution in [-0.4, -0.2) is 17.0 Å². The van der Waals surface area contributed by atoms with Crippen LogP contribution in [0.5, 0.6) is 0 Å². The Morgan fingerprint density at radius 1 is 1.28 bits per heavy atom. The first-order valence-corrected chi connectivity index (χ1v) is 6.26. The monoisotopic (exact) mass is 247 g/mol. The molecular weight excluding hydrogens is 230 g/mol. The molecule has 0 aromatic heterocycles. The Morgan fingerprint density at radius 3 is 2.83 bits per heavy atom. The molecule has 0 saturated heterocycles. The number of aryl methyl sites for hydroxylation is 1. The summed E-state index contributed by atoms with van der Waals surface area (Å²) in [5, 5.41) is 11.5. The van der Waals surface area contributed by atoms with Crippen LogP contribution in [0, 0.1) is 0 Å². The van der Waals surface area contributed by atoms with E-state index in [1.165, 1.54) is 11.1 Å². The van der Waals surface area contributed by atoms with E-state index in [4.69, 9.17) is 5.11 Å². The number of rotatable bonds is 5. The Bertz CT molecular complexity index is 456. The normalized spacial score (nSPS) is 17.2. The zero-order chi connectivity index (χ0) is 13.0. The highest BCUT2D eigenvalue weighted by molar-refractivity contribution is 5.77. The molecule has 1 amide bonds. The van der Waals surface area contributed by atoms with E-state index in [1.807, 2.05) is 18.2 Å². The SMILES string of the molecule is O=C(O)CCCC(=O)NC1CCc2ccccc21. The van der Waals surface area contributed by atoms with E-state index in [1.54, 1.807) is 0 Å². The smallest absolute Gasteiger partial charge is 0.303 e. The molecule has 1 atom stereocenters. The maximum Gasteiger partial charge on any atom is 0.303 e. The van der Waals surface area contributed by atoms with Gasteiger partial charge in [0.2, 0.25) is 5.91 Å². The van der Waals surface area contributed by atoms with Crippen LogP contribution in [0.1, 0.15) is 42.9 Å². The van der Waals surface area contributed by atoms with Crippen LogP contribution >= 0.6 is 0 Å². The van der Waals surface area contributed by atoms with Gasteiger partial charge in [0.15, 0.2) is 0 Å². The van der Waals surface area contributed by atoms with Crippen LogP contribution < -0.4 is 5.32 Å². The van der Waals surface area contributed by atoms with E-state index in [2.05, 4.69) is 11.4 Å². The van der Waals surface area contributed by atoms with E-state index in [-0.39, 0.29) is 24.8 Å². The number of benzene rings is 1. The van der Waals surface area contributed by atoms with Crippen LogP contribution in [0.4, 0.5) is 0 Å². The summed E-state index contributed by atoms with van der Waals surface area (Å²) in [4.78, 5) is 22.0. The van der Waals surface area contributed by atoms with Gasteiger partial charge in [-0.05, 0) is 30.4 Å². The van der Waals surface area contributed by atoms with Crippen molar-refractivity contribution in [2.45, 2.75) is 38.1 Å². The van der Waals surface area contributed by atoms with E-state index in [0.717, 1.165) is 12.8 Å². The van der Waals surface area contributed by atoms with Crippen molar-refractivity contribution >= 4 is 11.9 Å². The largest absolute Gasteiger partial charge is 0.481 e. The number of carboxylic acids is 1. The number of carbonyl (C=O) groups excluding carboxylic acids is 1. The van der Waals surface area contributed by atoms with E-state index in [9.17, 15) is 9.59 Å². The molecule has 0 spiro atoms. The van der Waals surface area contributed by atoms with E-state index < -0.39 is 5.97 Å². The van der Waals surface area contributed by atoms with Gasteiger partial charge in [0.25, 0.3) is 0 Å². The van der Waals surface area contributed by atoms with Crippen molar-refractivity contribution < 1.29 is 14.7 Å². The van der Waals surface area contributed by atoms with E-state index in [0.29, 0.717) is 6.42 Å². The average Bonchev–Trinajstić information content (AvgIpc) is 2.72. The molecule has 4 heteroatoms. The van der Waals surface area contributed by atoms with Crippen LogP contribution in [0.15, 0.2) is 24.3 Å². The molecular formula is C14H17NO3. The lowest BCUT2D eigenvalue weighted by Crippen LogP contribution is -2.26. The third-order valence-corrected chi connectivity index (χ3v) is 3.26. The number of amides is 1. The van der Waals surface area contributed by atoms with Crippen molar-refractivity contribution in [3.05, 3.63) is 35.4 Å². The first kappa shape index (κ1) is 12.6. The molecule has 0 radical (unpaired) electrons. The number of carbonyl (C=O) groups is 2. The quantitative estimate of drug-likeness (QED) is 0.836. The van der Waals surface area contributed by atoms with Crippen molar-refractivity contribution in [3.8, 4) is 0 Å². The molecule has 96 valence electrons. The fourth-order valence-corrected chi connectivity index (χ4v) is 2.37. The van der Waals surface area contributed by atoms with E-state index >= 15 is 0 Å². The summed E-state index contributed by atoms with van der Waals surface area (Å²) in [6, 6.07) is 8.22. The third kappa shape index (κ3) is 3.09. The Labute approximate surface area is 106 Å². The van der Waals surface area contributed by atoms with Crippen LogP contribution in [0.3, 0.4) is 0 Å². The average molecular weight is 247 g/mol. The predicted octanol–water partition coefficient (Wildman–Crippen LogP) is 2.04. The Morgan fingerprint density at radius 2 is 2.06 bits per heavy atom. The molecule has 1 aliphatic carbocycles. The van der Waals surface area contributed by atoms with Crippen molar-refractivity contribution in [3.63, 3.8) is 0 Å². The number of fused-ring (bicyclic) bond motifs is 1. The number of aliphatic carboxylic acids is 1. The number of carboxylic acid groups (broad SMARTS) is 1. The molecule has 18 heavy (non-hydrogen) atoms. The van der Waals surface area contributed by atoms with Crippen molar-refractivity contribution in [2.75, 3.05) is 0 Å². The molecule has 0 bridgehead atoms. The summed E-state index contributed by atoms with van der Waals surface area (Å²) in [6.07, 6.45) is 2.66. The highest BCUT2D eigenvalue weighted by Crippen LogP contribution is 2.30. The molecule has 2 N–H and O–H groups in total. The molecule has 1 aliphatic rings. The maximum absolute atomic E-state index is 11.7. The zero-order valence-corrected chi connectivity index (χ0v) is 10.2. The molecule has 2 rings (SSSR count). The lowest BCUT2D eigenvalue weighted by molar-refractivity contribution is -0.137.